The molecule has 0 fully saturated rings. The average molecular weight is 377 g/mol. The molecule has 2 aliphatic heterocycles. The van der Waals surface area contributed by atoms with Crippen LogP contribution < -0.4 is 0 Å². The van der Waals surface area contributed by atoms with Crippen LogP contribution in [0.1, 0.15) is 6.92 Å². The van der Waals surface area contributed by atoms with Crippen LogP contribution in [0.2, 0.25) is 0 Å². The number of ether oxygens (including phenoxy) is 4. The molecule has 0 bridgehead atoms. The zero-order valence-electron chi connectivity index (χ0n) is 15.5. The summed E-state index contributed by atoms with van der Waals surface area (Å²) in [5.41, 5.74) is -0.187. The van der Waals surface area contributed by atoms with Gasteiger partial charge in [0.1, 0.15) is 0 Å². The maximum atomic E-state index is 12.5. The Morgan fingerprint density at radius 3 is 1.93 bits per heavy atom. The summed E-state index contributed by atoms with van der Waals surface area (Å²) < 4.78 is 19.1. The van der Waals surface area contributed by atoms with Gasteiger partial charge < -0.3 is 23.8 Å². The van der Waals surface area contributed by atoms with Crippen LogP contribution in [0.25, 0.3) is 0 Å². The second kappa shape index (κ2) is 7.90. The maximum absolute atomic E-state index is 12.5. The fraction of sp³-hybridized carbons (Fsp3) is 0.333. The molecule has 0 aromatic rings. The van der Waals surface area contributed by atoms with Gasteiger partial charge in [-0.05, 0) is 18.6 Å². The molecule has 0 unspecified atom stereocenters. The minimum Gasteiger partial charge on any atom is -0.467 e. The zero-order chi connectivity index (χ0) is 20.3. The van der Waals surface area contributed by atoms with Gasteiger partial charge in [0.25, 0.3) is 0 Å². The number of nitrogens with zero attached hydrogens (tertiary/aromatic N) is 1. The van der Waals surface area contributed by atoms with E-state index in [2.05, 4.69) is 0 Å². The van der Waals surface area contributed by atoms with Crippen molar-refractivity contribution < 1.29 is 38.1 Å². The predicted molar refractivity (Wildman–Crippen MR) is 90.6 cm³/mol. The number of methoxy groups -OCH3 is 4. The molecule has 0 saturated carbocycles. The third kappa shape index (κ3) is 3.23. The van der Waals surface area contributed by atoms with Crippen LogP contribution in [0.3, 0.4) is 0 Å². The first-order chi connectivity index (χ1) is 12.8. The third-order valence-electron chi connectivity index (χ3n) is 4.14. The normalized spacial score (nSPS) is 18.5. The quantitative estimate of drug-likeness (QED) is 0.507. The Bertz CT molecular complexity index is 830. The molecule has 0 spiro atoms. The smallest absolute Gasteiger partial charge is 0.340 e. The summed E-state index contributed by atoms with van der Waals surface area (Å²) in [5, 5.41) is 0. The van der Waals surface area contributed by atoms with Gasteiger partial charge in [-0.25, -0.2) is 19.2 Å². The van der Waals surface area contributed by atoms with E-state index in [0.29, 0.717) is 5.57 Å². The summed E-state index contributed by atoms with van der Waals surface area (Å²) in [5.74, 6) is -3.66. The number of esters is 4. The molecule has 144 valence electrons. The molecule has 27 heavy (non-hydrogen) atoms. The maximum Gasteiger partial charge on any atom is 0.340 e. The van der Waals surface area contributed by atoms with Crippen molar-refractivity contribution in [3.8, 4) is 0 Å². The first-order valence-corrected chi connectivity index (χ1v) is 7.79. The van der Waals surface area contributed by atoms with E-state index in [1.807, 2.05) is 0 Å². The van der Waals surface area contributed by atoms with Crippen LogP contribution in [-0.2, 0) is 38.1 Å². The van der Waals surface area contributed by atoms with E-state index < -0.39 is 35.5 Å². The fourth-order valence-electron chi connectivity index (χ4n) is 2.99. The molecule has 1 atom stereocenters. The Hall–Kier alpha value is -3.36. The molecule has 2 heterocycles. The van der Waals surface area contributed by atoms with E-state index in [4.69, 9.17) is 18.9 Å². The molecule has 0 amide bonds. The summed E-state index contributed by atoms with van der Waals surface area (Å²) in [6.07, 6.45) is 4.80. The minimum absolute atomic E-state index is 0.206. The van der Waals surface area contributed by atoms with E-state index in [1.165, 1.54) is 11.1 Å². The van der Waals surface area contributed by atoms with Crippen LogP contribution >= 0.6 is 0 Å². The Morgan fingerprint density at radius 1 is 0.852 bits per heavy atom. The van der Waals surface area contributed by atoms with E-state index in [-0.39, 0.29) is 16.8 Å². The van der Waals surface area contributed by atoms with Gasteiger partial charge in [0.05, 0.1) is 50.9 Å². The molecule has 0 saturated heterocycles. The summed E-state index contributed by atoms with van der Waals surface area (Å²) in [6.45, 7) is 1.68. The third-order valence-corrected chi connectivity index (χ3v) is 4.14. The van der Waals surface area contributed by atoms with Crippen LogP contribution in [0.5, 0.6) is 0 Å². The number of carbonyl (C=O) groups excluding carboxylic acids is 4. The molecule has 0 radical (unpaired) electrons. The van der Waals surface area contributed by atoms with Gasteiger partial charge in [0.15, 0.2) is 6.04 Å². The first kappa shape index (κ1) is 20.0. The SMILES string of the molecule is COC(=O)C1=C(C(=O)OC)[C@H](C(=O)OC)N2C=CC=C(C)C2=C1C(=O)OC. The van der Waals surface area contributed by atoms with E-state index in [1.54, 1.807) is 19.1 Å². The molecule has 0 N–H and O–H groups in total. The fourth-order valence-corrected chi connectivity index (χ4v) is 2.99. The van der Waals surface area contributed by atoms with Crippen molar-refractivity contribution >= 4 is 23.9 Å². The molecule has 0 aliphatic carbocycles. The predicted octanol–water partition coefficient (Wildman–Crippen LogP) is 0.387. The first-order valence-electron chi connectivity index (χ1n) is 7.79. The van der Waals surface area contributed by atoms with Gasteiger partial charge in [0, 0.05) is 6.20 Å². The monoisotopic (exact) mass is 377 g/mol. The standard InChI is InChI=1S/C18H19NO8/c1-9-7-6-8-19-13(9)11(16(21)25-3)10(15(20)24-2)12(17(22)26-4)14(19)18(23)27-5/h6-8,14H,1-5H3/t14-/m1/s1. The Balaban J connectivity index is 2.98. The van der Waals surface area contributed by atoms with Gasteiger partial charge in [-0.1, -0.05) is 6.08 Å². The largest absolute Gasteiger partial charge is 0.467 e. The second-order valence-corrected chi connectivity index (χ2v) is 5.51. The number of allylic oxidation sites excluding steroid dienone is 3. The Labute approximate surface area is 155 Å². The molecule has 9 heteroatoms. The Morgan fingerprint density at radius 2 is 1.41 bits per heavy atom. The highest BCUT2D eigenvalue weighted by Crippen LogP contribution is 2.39. The van der Waals surface area contributed by atoms with Crippen LogP contribution in [-0.4, -0.2) is 63.3 Å². The lowest BCUT2D eigenvalue weighted by Crippen LogP contribution is -2.48. The highest BCUT2D eigenvalue weighted by atomic mass is 16.5. The number of rotatable bonds is 4. The Kier molecular flexibility index (Phi) is 5.84. The average Bonchev–Trinajstić information content (AvgIpc) is 2.69. The lowest BCUT2D eigenvalue weighted by Gasteiger charge is -2.38. The molecular formula is C18H19NO8. The number of fused-ring (bicyclic) bond motifs is 1. The lowest BCUT2D eigenvalue weighted by atomic mass is 9.85. The summed E-state index contributed by atoms with van der Waals surface area (Å²) >= 11 is 0. The van der Waals surface area contributed by atoms with Crippen LogP contribution in [0.15, 0.2) is 46.3 Å². The molecular weight excluding hydrogens is 358 g/mol. The van der Waals surface area contributed by atoms with Crippen molar-refractivity contribution in [2.45, 2.75) is 13.0 Å². The highest BCUT2D eigenvalue weighted by Gasteiger charge is 2.47. The molecule has 9 nitrogen and oxygen atoms in total. The number of hydrogen-bond acceptors (Lipinski definition) is 9. The zero-order valence-corrected chi connectivity index (χ0v) is 15.5. The van der Waals surface area contributed by atoms with E-state index in [0.717, 1.165) is 28.4 Å². The van der Waals surface area contributed by atoms with Crippen molar-refractivity contribution in [2.24, 2.45) is 0 Å². The van der Waals surface area contributed by atoms with Crippen molar-refractivity contribution in [1.29, 1.82) is 0 Å². The van der Waals surface area contributed by atoms with Crippen LogP contribution in [0.4, 0.5) is 0 Å². The molecule has 0 aromatic heterocycles. The van der Waals surface area contributed by atoms with Gasteiger partial charge in [-0.3, -0.25) is 0 Å². The van der Waals surface area contributed by atoms with Crippen molar-refractivity contribution in [2.75, 3.05) is 28.4 Å². The summed E-state index contributed by atoms with van der Waals surface area (Å²) in [7, 11) is 4.46. The molecule has 2 rings (SSSR count). The highest BCUT2D eigenvalue weighted by molar-refractivity contribution is 6.15. The van der Waals surface area contributed by atoms with Gasteiger partial charge in [0.2, 0.25) is 0 Å². The van der Waals surface area contributed by atoms with Gasteiger partial charge in [-0.2, -0.15) is 0 Å². The molecule has 0 aromatic carbocycles. The van der Waals surface area contributed by atoms with Crippen LogP contribution in [0, 0.1) is 0 Å². The van der Waals surface area contributed by atoms with Gasteiger partial charge in [-0.15, -0.1) is 0 Å². The summed E-state index contributed by atoms with van der Waals surface area (Å²) in [6, 6.07) is -1.35. The van der Waals surface area contributed by atoms with E-state index in [9.17, 15) is 19.2 Å². The topological polar surface area (TPSA) is 108 Å². The molecule has 2 aliphatic rings. The van der Waals surface area contributed by atoms with E-state index >= 15 is 0 Å². The number of hydrogen-bond donors (Lipinski definition) is 0. The summed E-state index contributed by atoms with van der Waals surface area (Å²) in [4.78, 5) is 51.4. The van der Waals surface area contributed by atoms with Crippen molar-refractivity contribution in [1.82, 2.24) is 4.90 Å². The minimum atomic E-state index is -1.35. The van der Waals surface area contributed by atoms with Crippen molar-refractivity contribution in [3.05, 3.63) is 46.3 Å². The second-order valence-electron chi connectivity index (χ2n) is 5.51. The number of carbonyl (C=O) groups is 4. The van der Waals surface area contributed by atoms with Gasteiger partial charge >= 0.3 is 23.9 Å². The van der Waals surface area contributed by atoms with Crippen molar-refractivity contribution in [3.63, 3.8) is 0 Å². The lowest BCUT2D eigenvalue weighted by molar-refractivity contribution is -0.148.